The third-order valence-electron chi connectivity index (χ3n) is 4.30. The Morgan fingerprint density at radius 3 is 2.35 bits per heavy atom. The van der Waals surface area contributed by atoms with Crippen LogP contribution in [0, 0.1) is 0 Å². The Balaban J connectivity index is 1.58. The van der Waals surface area contributed by atoms with E-state index in [1.54, 1.807) is 4.90 Å². The van der Waals surface area contributed by atoms with Gasteiger partial charge >= 0.3 is 6.09 Å². The quantitative estimate of drug-likeness (QED) is 0.762. The Labute approximate surface area is 146 Å². The van der Waals surface area contributed by atoms with E-state index in [4.69, 9.17) is 4.74 Å². The van der Waals surface area contributed by atoms with Crippen LogP contribution in [0.4, 0.5) is 10.5 Å². The average molecular weight is 381 g/mol. The van der Waals surface area contributed by atoms with Gasteiger partial charge < -0.3 is 14.5 Å². The molecule has 2 aliphatic rings. The minimum Gasteiger partial charge on any atom is -0.444 e. The molecule has 0 spiro atoms. The molecule has 5 heteroatoms. The fraction of sp³-hybridized carbons (Fsp3) is 0.611. The summed E-state index contributed by atoms with van der Waals surface area (Å²) >= 11 is 3.71. The minimum atomic E-state index is -0.433. The normalized spacial score (nSPS) is 19.0. The van der Waals surface area contributed by atoms with Gasteiger partial charge in [0.1, 0.15) is 5.60 Å². The summed E-state index contributed by atoms with van der Waals surface area (Å²) in [6.07, 6.45) is 2.42. The summed E-state index contributed by atoms with van der Waals surface area (Å²) in [5.74, 6) is 0.752. The second kappa shape index (κ2) is 6.34. The second-order valence-electron chi connectivity index (χ2n) is 7.43. The van der Waals surface area contributed by atoms with Gasteiger partial charge in [-0.15, -0.1) is 0 Å². The molecule has 0 bridgehead atoms. The molecule has 4 nitrogen and oxygen atoms in total. The molecule has 1 saturated carbocycles. The first-order valence-corrected chi connectivity index (χ1v) is 9.15. The molecule has 0 aromatic heterocycles. The van der Waals surface area contributed by atoms with Crippen molar-refractivity contribution < 1.29 is 9.53 Å². The number of hydrogen-bond acceptors (Lipinski definition) is 3. The molecule has 1 aromatic carbocycles. The Morgan fingerprint density at radius 2 is 1.83 bits per heavy atom. The number of benzene rings is 1. The molecule has 3 rings (SSSR count). The van der Waals surface area contributed by atoms with Gasteiger partial charge in [-0.3, -0.25) is 0 Å². The van der Waals surface area contributed by atoms with Crippen molar-refractivity contribution in [1.29, 1.82) is 0 Å². The van der Waals surface area contributed by atoms with E-state index in [9.17, 15) is 4.79 Å². The zero-order valence-corrected chi connectivity index (χ0v) is 15.7. The number of amides is 1. The summed E-state index contributed by atoms with van der Waals surface area (Å²) < 4.78 is 6.66. The Kier molecular flexibility index (Phi) is 4.59. The SMILES string of the molecule is CC(C)(C)OC(=O)N1CCN(c2ccc(C3CC3)c(Br)c2)CC1. The van der Waals surface area contributed by atoms with Crippen LogP contribution in [0.25, 0.3) is 0 Å². The largest absolute Gasteiger partial charge is 0.444 e. The van der Waals surface area contributed by atoms with Crippen molar-refractivity contribution in [2.45, 2.75) is 45.1 Å². The molecule has 1 saturated heterocycles. The smallest absolute Gasteiger partial charge is 0.410 e. The molecule has 126 valence electrons. The first-order valence-electron chi connectivity index (χ1n) is 8.36. The number of carbonyl (C=O) groups is 1. The number of anilines is 1. The summed E-state index contributed by atoms with van der Waals surface area (Å²) in [4.78, 5) is 16.3. The van der Waals surface area contributed by atoms with E-state index in [0.29, 0.717) is 13.1 Å². The number of carbonyl (C=O) groups excluding carboxylic acids is 1. The van der Waals surface area contributed by atoms with Gasteiger partial charge in [0.15, 0.2) is 0 Å². The van der Waals surface area contributed by atoms with Gasteiger partial charge in [0.25, 0.3) is 0 Å². The maximum atomic E-state index is 12.1. The van der Waals surface area contributed by atoms with E-state index in [1.807, 2.05) is 20.8 Å². The maximum Gasteiger partial charge on any atom is 0.410 e. The number of rotatable bonds is 2. The fourth-order valence-corrected chi connectivity index (χ4v) is 3.60. The Hall–Kier alpha value is -1.23. The zero-order chi connectivity index (χ0) is 16.6. The van der Waals surface area contributed by atoms with Crippen LogP contribution in [-0.2, 0) is 4.74 Å². The molecule has 23 heavy (non-hydrogen) atoms. The van der Waals surface area contributed by atoms with Crippen molar-refractivity contribution in [2.75, 3.05) is 31.1 Å². The lowest BCUT2D eigenvalue weighted by Crippen LogP contribution is -2.50. The number of ether oxygens (including phenoxy) is 1. The van der Waals surface area contributed by atoms with Gasteiger partial charge in [-0.1, -0.05) is 22.0 Å². The van der Waals surface area contributed by atoms with E-state index in [1.165, 1.54) is 28.6 Å². The highest BCUT2D eigenvalue weighted by molar-refractivity contribution is 9.10. The highest BCUT2D eigenvalue weighted by Gasteiger charge is 2.28. The van der Waals surface area contributed by atoms with Crippen LogP contribution in [0.15, 0.2) is 22.7 Å². The van der Waals surface area contributed by atoms with E-state index in [-0.39, 0.29) is 6.09 Å². The van der Waals surface area contributed by atoms with Crippen molar-refractivity contribution in [3.05, 3.63) is 28.2 Å². The minimum absolute atomic E-state index is 0.206. The van der Waals surface area contributed by atoms with Crippen LogP contribution in [0.5, 0.6) is 0 Å². The predicted octanol–water partition coefficient (Wildman–Crippen LogP) is 4.38. The van der Waals surface area contributed by atoms with Gasteiger partial charge in [-0.05, 0) is 57.2 Å². The highest BCUT2D eigenvalue weighted by Crippen LogP contribution is 2.44. The van der Waals surface area contributed by atoms with Crippen molar-refractivity contribution >= 4 is 27.7 Å². The molecule has 0 N–H and O–H groups in total. The number of piperazine rings is 1. The van der Waals surface area contributed by atoms with Gasteiger partial charge in [0, 0.05) is 36.3 Å². The third-order valence-corrected chi connectivity index (χ3v) is 4.98. The molecular formula is C18H25BrN2O2. The van der Waals surface area contributed by atoms with E-state index in [0.717, 1.165) is 19.0 Å². The first-order chi connectivity index (χ1) is 10.8. The zero-order valence-electron chi connectivity index (χ0n) is 14.1. The van der Waals surface area contributed by atoms with Crippen LogP contribution < -0.4 is 4.90 Å². The van der Waals surface area contributed by atoms with Crippen molar-refractivity contribution in [3.8, 4) is 0 Å². The summed E-state index contributed by atoms with van der Waals surface area (Å²) in [5.41, 5.74) is 2.23. The van der Waals surface area contributed by atoms with Crippen LogP contribution in [-0.4, -0.2) is 42.8 Å². The number of halogens is 1. The van der Waals surface area contributed by atoms with Gasteiger partial charge in [-0.25, -0.2) is 4.79 Å². The van der Waals surface area contributed by atoms with E-state index >= 15 is 0 Å². The maximum absolute atomic E-state index is 12.1. The summed E-state index contributed by atoms with van der Waals surface area (Å²) in [6.45, 7) is 8.80. The lowest BCUT2D eigenvalue weighted by Gasteiger charge is -2.37. The molecule has 0 atom stereocenters. The Bertz CT molecular complexity index is 585. The highest BCUT2D eigenvalue weighted by atomic mass is 79.9. The third kappa shape index (κ3) is 4.19. The van der Waals surface area contributed by atoms with Crippen LogP contribution >= 0.6 is 15.9 Å². The molecule has 1 aliphatic carbocycles. The number of hydrogen-bond donors (Lipinski definition) is 0. The lowest BCUT2D eigenvalue weighted by atomic mass is 10.1. The molecule has 0 unspecified atom stereocenters. The molecule has 1 amide bonds. The molecule has 1 aliphatic heterocycles. The summed E-state index contributed by atoms with van der Waals surface area (Å²) in [5, 5.41) is 0. The summed E-state index contributed by atoms with van der Waals surface area (Å²) in [6, 6.07) is 6.68. The second-order valence-corrected chi connectivity index (χ2v) is 8.29. The van der Waals surface area contributed by atoms with Crippen molar-refractivity contribution in [2.24, 2.45) is 0 Å². The monoisotopic (exact) mass is 380 g/mol. The lowest BCUT2D eigenvalue weighted by molar-refractivity contribution is 0.0240. The van der Waals surface area contributed by atoms with Crippen molar-refractivity contribution in [1.82, 2.24) is 4.90 Å². The number of nitrogens with zero attached hydrogens (tertiary/aromatic N) is 2. The topological polar surface area (TPSA) is 32.8 Å². The molecular weight excluding hydrogens is 356 g/mol. The average Bonchev–Trinajstić information content (AvgIpc) is 3.30. The van der Waals surface area contributed by atoms with Crippen molar-refractivity contribution in [3.63, 3.8) is 0 Å². The standard InChI is InChI=1S/C18H25BrN2O2/c1-18(2,3)23-17(22)21-10-8-20(9-11-21)14-6-7-15(13-4-5-13)16(19)12-14/h6-7,12-13H,4-5,8-11H2,1-3H3. The van der Waals surface area contributed by atoms with Crippen LogP contribution in [0.2, 0.25) is 0 Å². The molecule has 1 aromatic rings. The Morgan fingerprint density at radius 1 is 1.17 bits per heavy atom. The van der Waals surface area contributed by atoms with Gasteiger partial charge in [-0.2, -0.15) is 0 Å². The van der Waals surface area contributed by atoms with E-state index in [2.05, 4.69) is 39.0 Å². The fourth-order valence-electron chi connectivity index (χ4n) is 2.91. The molecule has 0 radical (unpaired) electrons. The van der Waals surface area contributed by atoms with Gasteiger partial charge in [0.05, 0.1) is 0 Å². The summed E-state index contributed by atoms with van der Waals surface area (Å²) in [7, 11) is 0. The predicted molar refractivity (Wildman–Crippen MR) is 96.1 cm³/mol. The van der Waals surface area contributed by atoms with Gasteiger partial charge in [0.2, 0.25) is 0 Å². The van der Waals surface area contributed by atoms with E-state index < -0.39 is 5.60 Å². The van der Waals surface area contributed by atoms with Crippen LogP contribution in [0.3, 0.4) is 0 Å². The first kappa shape index (κ1) is 16.6. The molecule has 2 fully saturated rings. The van der Waals surface area contributed by atoms with Crippen LogP contribution in [0.1, 0.15) is 45.1 Å². The molecule has 1 heterocycles.